The number of amides is 1. The molecule has 2 rings (SSSR count). The van der Waals surface area contributed by atoms with Crippen LogP contribution in [0.2, 0.25) is 5.02 Å². The summed E-state index contributed by atoms with van der Waals surface area (Å²) in [6.07, 6.45) is 2.72. The van der Waals surface area contributed by atoms with Crippen molar-refractivity contribution in [3.05, 3.63) is 34.9 Å². The number of nitrogens with zero attached hydrogens (tertiary/aromatic N) is 2. The summed E-state index contributed by atoms with van der Waals surface area (Å²) >= 11 is 6.19. The molecule has 0 saturated carbocycles. The summed E-state index contributed by atoms with van der Waals surface area (Å²) in [6.45, 7) is 2.96. The first-order chi connectivity index (χ1) is 10.1. The highest BCUT2D eigenvalue weighted by Gasteiger charge is 2.23. The van der Waals surface area contributed by atoms with Crippen molar-refractivity contribution in [2.24, 2.45) is 5.73 Å². The van der Waals surface area contributed by atoms with Crippen LogP contribution in [0.25, 0.3) is 0 Å². The van der Waals surface area contributed by atoms with Gasteiger partial charge in [-0.05, 0) is 31.5 Å². The second-order valence-corrected chi connectivity index (χ2v) is 6.10. The molecule has 116 valence electrons. The predicted molar refractivity (Wildman–Crippen MR) is 86.2 cm³/mol. The molecule has 0 aliphatic carbocycles. The Labute approximate surface area is 131 Å². The fraction of sp³-hybridized carbons (Fsp3) is 0.562. The zero-order chi connectivity index (χ0) is 15.2. The molecule has 1 aliphatic heterocycles. The van der Waals surface area contributed by atoms with Crippen molar-refractivity contribution in [2.45, 2.75) is 31.8 Å². The number of carbonyl (C=O) groups excluding carboxylic acids is 1. The third kappa shape index (κ3) is 4.43. The van der Waals surface area contributed by atoms with Gasteiger partial charge < -0.3 is 10.6 Å². The molecule has 1 unspecified atom stereocenters. The highest BCUT2D eigenvalue weighted by molar-refractivity contribution is 6.31. The van der Waals surface area contributed by atoms with Crippen molar-refractivity contribution in [2.75, 3.05) is 26.7 Å². The van der Waals surface area contributed by atoms with E-state index >= 15 is 0 Å². The summed E-state index contributed by atoms with van der Waals surface area (Å²) < 4.78 is 0. The van der Waals surface area contributed by atoms with E-state index in [2.05, 4.69) is 4.90 Å². The number of carbonyl (C=O) groups is 1. The second-order valence-electron chi connectivity index (χ2n) is 5.69. The first-order valence-corrected chi connectivity index (χ1v) is 7.91. The van der Waals surface area contributed by atoms with Gasteiger partial charge in [-0.3, -0.25) is 9.69 Å². The van der Waals surface area contributed by atoms with Gasteiger partial charge in [-0.15, -0.1) is 0 Å². The molecule has 1 atom stereocenters. The number of hydrogen-bond acceptors (Lipinski definition) is 3. The van der Waals surface area contributed by atoms with Crippen LogP contribution in [0.5, 0.6) is 0 Å². The largest absolute Gasteiger partial charge is 0.343 e. The Hall–Kier alpha value is -1.10. The van der Waals surface area contributed by atoms with Crippen molar-refractivity contribution in [3.63, 3.8) is 0 Å². The highest BCUT2D eigenvalue weighted by atomic mass is 35.5. The van der Waals surface area contributed by atoms with E-state index in [9.17, 15) is 4.79 Å². The minimum absolute atomic E-state index is 0.0503. The molecule has 5 heteroatoms. The van der Waals surface area contributed by atoms with Crippen molar-refractivity contribution >= 4 is 17.5 Å². The van der Waals surface area contributed by atoms with Crippen LogP contribution in [0.3, 0.4) is 0 Å². The summed E-state index contributed by atoms with van der Waals surface area (Å²) in [5.41, 5.74) is 6.93. The smallest absolute Gasteiger partial charge is 0.224 e. The zero-order valence-corrected chi connectivity index (χ0v) is 13.4. The molecule has 1 amide bonds. The van der Waals surface area contributed by atoms with Gasteiger partial charge in [0.25, 0.3) is 0 Å². The van der Waals surface area contributed by atoms with Crippen LogP contribution >= 0.6 is 11.6 Å². The van der Waals surface area contributed by atoms with Crippen LogP contribution in [-0.4, -0.2) is 48.4 Å². The molecule has 2 N–H and O–H groups in total. The minimum Gasteiger partial charge on any atom is -0.343 e. The fourth-order valence-electron chi connectivity index (χ4n) is 2.74. The molecule has 1 aromatic rings. The molecule has 1 saturated heterocycles. The van der Waals surface area contributed by atoms with E-state index in [1.54, 1.807) is 0 Å². The number of nitrogens with two attached hydrogens (primary N) is 1. The lowest BCUT2D eigenvalue weighted by molar-refractivity contribution is -0.131. The Morgan fingerprint density at radius 3 is 2.67 bits per heavy atom. The Kier molecular flexibility index (Phi) is 6.03. The van der Waals surface area contributed by atoms with Crippen molar-refractivity contribution in [1.82, 2.24) is 9.80 Å². The van der Waals surface area contributed by atoms with Gasteiger partial charge in [0.05, 0.1) is 0 Å². The molecule has 0 aromatic heterocycles. The molecular formula is C16H24ClN3O. The summed E-state index contributed by atoms with van der Waals surface area (Å²) in [6, 6.07) is 7.84. The summed E-state index contributed by atoms with van der Waals surface area (Å²) in [7, 11) is 2.00. The fourth-order valence-corrected chi connectivity index (χ4v) is 2.94. The molecule has 0 radical (unpaired) electrons. The van der Waals surface area contributed by atoms with Crippen molar-refractivity contribution in [3.8, 4) is 0 Å². The third-order valence-corrected chi connectivity index (χ3v) is 4.51. The molecule has 1 aliphatic rings. The van der Waals surface area contributed by atoms with Gasteiger partial charge in [0, 0.05) is 43.7 Å². The van der Waals surface area contributed by atoms with Crippen molar-refractivity contribution in [1.29, 1.82) is 0 Å². The van der Waals surface area contributed by atoms with Gasteiger partial charge in [0.1, 0.15) is 0 Å². The van der Waals surface area contributed by atoms with Crippen LogP contribution in [0, 0.1) is 0 Å². The van der Waals surface area contributed by atoms with Gasteiger partial charge in [0.15, 0.2) is 0 Å². The molecule has 1 heterocycles. The topological polar surface area (TPSA) is 49.6 Å². The number of likely N-dealkylation sites (N-methyl/N-ethyl adjacent to an activating group) is 1. The van der Waals surface area contributed by atoms with Crippen molar-refractivity contribution < 1.29 is 4.79 Å². The summed E-state index contributed by atoms with van der Waals surface area (Å²) in [4.78, 5) is 16.3. The van der Waals surface area contributed by atoms with E-state index in [0.717, 1.165) is 36.5 Å². The van der Waals surface area contributed by atoms with E-state index in [0.29, 0.717) is 19.5 Å². The maximum Gasteiger partial charge on any atom is 0.224 e. The predicted octanol–water partition coefficient (Wildman–Crippen LogP) is 2.11. The molecule has 4 nitrogen and oxygen atoms in total. The van der Waals surface area contributed by atoms with Gasteiger partial charge in [0.2, 0.25) is 5.91 Å². The Morgan fingerprint density at radius 2 is 2.05 bits per heavy atom. The lowest BCUT2D eigenvalue weighted by Gasteiger charge is -2.28. The number of rotatable bonds is 6. The summed E-state index contributed by atoms with van der Waals surface area (Å²) in [5.74, 6) is 0.217. The lowest BCUT2D eigenvalue weighted by atomic mass is 10.1. The monoisotopic (exact) mass is 309 g/mol. The van der Waals surface area contributed by atoms with Crippen LogP contribution in [0.15, 0.2) is 24.3 Å². The van der Waals surface area contributed by atoms with Gasteiger partial charge >= 0.3 is 0 Å². The average Bonchev–Trinajstić information content (AvgIpc) is 3.01. The zero-order valence-electron chi connectivity index (χ0n) is 12.6. The number of halogens is 1. The van der Waals surface area contributed by atoms with Crippen LogP contribution in [-0.2, 0) is 11.3 Å². The van der Waals surface area contributed by atoms with E-state index in [-0.39, 0.29) is 11.9 Å². The molecule has 21 heavy (non-hydrogen) atoms. The number of benzene rings is 1. The van der Waals surface area contributed by atoms with Gasteiger partial charge in [-0.1, -0.05) is 29.8 Å². The van der Waals surface area contributed by atoms with Crippen LogP contribution in [0.1, 0.15) is 24.8 Å². The van der Waals surface area contributed by atoms with Gasteiger partial charge in [-0.2, -0.15) is 0 Å². The van der Waals surface area contributed by atoms with Crippen LogP contribution < -0.4 is 5.73 Å². The Balaban J connectivity index is 1.93. The molecular weight excluding hydrogens is 286 g/mol. The minimum atomic E-state index is 0.0503. The Morgan fingerprint density at radius 1 is 1.38 bits per heavy atom. The maximum absolute atomic E-state index is 12.3. The quantitative estimate of drug-likeness (QED) is 0.875. The molecule has 0 bridgehead atoms. The normalized spacial score (nSPS) is 16.5. The standard InChI is InChI=1S/C16H24ClN3O/c1-19(12-13-6-2-3-7-15(13)17)14(11-18)10-16(21)20-8-4-5-9-20/h2-3,6-7,14H,4-5,8-12,18H2,1H3. The first-order valence-electron chi connectivity index (χ1n) is 7.53. The second kappa shape index (κ2) is 7.78. The van der Waals surface area contributed by atoms with E-state index in [1.165, 1.54) is 0 Å². The highest BCUT2D eigenvalue weighted by Crippen LogP contribution is 2.18. The number of hydrogen-bond donors (Lipinski definition) is 1. The van der Waals surface area contributed by atoms with E-state index in [1.807, 2.05) is 36.2 Å². The van der Waals surface area contributed by atoms with Crippen LogP contribution in [0.4, 0.5) is 0 Å². The average molecular weight is 310 g/mol. The molecule has 0 spiro atoms. The maximum atomic E-state index is 12.3. The molecule has 1 fully saturated rings. The Bertz CT molecular complexity index is 474. The summed E-state index contributed by atoms with van der Waals surface area (Å²) in [5, 5.41) is 0.756. The van der Waals surface area contributed by atoms with E-state index < -0.39 is 0 Å². The number of likely N-dealkylation sites (tertiary alicyclic amines) is 1. The lowest BCUT2D eigenvalue weighted by Crippen LogP contribution is -2.42. The SMILES string of the molecule is CN(Cc1ccccc1Cl)C(CN)CC(=O)N1CCCC1. The van der Waals surface area contributed by atoms with E-state index in [4.69, 9.17) is 17.3 Å². The third-order valence-electron chi connectivity index (χ3n) is 4.14. The van der Waals surface area contributed by atoms with Gasteiger partial charge in [-0.25, -0.2) is 0 Å². The first kappa shape index (κ1) is 16.3. The molecule has 1 aromatic carbocycles.